The minimum atomic E-state index is 0.677. The van der Waals surface area contributed by atoms with Crippen molar-refractivity contribution in [1.29, 1.82) is 0 Å². The second-order valence-electron chi connectivity index (χ2n) is 4.43. The van der Waals surface area contributed by atoms with E-state index < -0.39 is 0 Å². The fourth-order valence-corrected chi connectivity index (χ4v) is 2.05. The molecule has 2 heteroatoms. The molecule has 1 unspecified atom stereocenters. The summed E-state index contributed by atoms with van der Waals surface area (Å²) in [5.74, 6) is 0.677. The van der Waals surface area contributed by atoms with Gasteiger partial charge in [-0.3, -0.25) is 0 Å². The van der Waals surface area contributed by atoms with E-state index >= 15 is 0 Å². The molecule has 0 fully saturated rings. The number of halogens is 1. The molecule has 1 rings (SSSR count). The highest BCUT2D eigenvalue weighted by Crippen LogP contribution is 2.20. The summed E-state index contributed by atoms with van der Waals surface area (Å²) in [4.78, 5) is 2.33. The lowest BCUT2D eigenvalue weighted by atomic mass is 10.1. The fraction of sp³-hybridized carbons (Fsp3) is 0.538. The van der Waals surface area contributed by atoms with E-state index in [-0.39, 0.29) is 0 Å². The zero-order valence-electron chi connectivity index (χ0n) is 10.0. The highest BCUT2D eigenvalue weighted by molar-refractivity contribution is 9.09. The third-order valence-electron chi connectivity index (χ3n) is 2.61. The van der Waals surface area contributed by atoms with E-state index in [0.717, 1.165) is 11.9 Å². The molecule has 0 aliphatic heterocycles. The van der Waals surface area contributed by atoms with Crippen LogP contribution in [0.1, 0.15) is 18.1 Å². The highest BCUT2D eigenvalue weighted by Gasteiger charge is 2.08. The van der Waals surface area contributed by atoms with Crippen LogP contribution in [0.15, 0.2) is 18.2 Å². The Kier molecular flexibility index (Phi) is 4.65. The minimum absolute atomic E-state index is 0.677. The predicted octanol–water partition coefficient (Wildman–Crippen LogP) is 3.77. The molecule has 0 saturated carbocycles. The fourth-order valence-electron chi connectivity index (χ4n) is 1.85. The molecule has 0 bridgehead atoms. The van der Waals surface area contributed by atoms with Crippen LogP contribution in [0.25, 0.3) is 0 Å². The van der Waals surface area contributed by atoms with Crippen molar-refractivity contribution in [2.75, 3.05) is 23.8 Å². The lowest BCUT2D eigenvalue weighted by Crippen LogP contribution is -2.25. The first-order valence-corrected chi connectivity index (χ1v) is 6.51. The van der Waals surface area contributed by atoms with Crippen molar-refractivity contribution in [3.8, 4) is 0 Å². The van der Waals surface area contributed by atoms with E-state index in [9.17, 15) is 0 Å². The average Bonchev–Trinajstić information content (AvgIpc) is 2.17. The molecule has 0 radical (unpaired) electrons. The maximum Gasteiger partial charge on any atom is 0.0393 e. The topological polar surface area (TPSA) is 3.24 Å². The van der Waals surface area contributed by atoms with Crippen LogP contribution < -0.4 is 4.90 Å². The molecule has 0 aromatic heterocycles. The molecule has 0 N–H and O–H groups in total. The number of anilines is 1. The van der Waals surface area contributed by atoms with Crippen LogP contribution in [0.4, 0.5) is 5.69 Å². The predicted molar refractivity (Wildman–Crippen MR) is 72.1 cm³/mol. The van der Waals surface area contributed by atoms with Crippen molar-refractivity contribution in [1.82, 2.24) is 0 Å². The molecular formula is C13H20BrN. The Morgan fingerprint density at radius 2 is 2.00 bits per heavy atom. The van der Waals surface area contributed by atoms with Gasteiger partial charge in [-0.1, -0.05) is 40.5 Å². The van der Waals surface area contributed by atoms with Gasteiger partial charge in [0.1, 0.15) is 0 Å². The zero-order valence-corrected chi connectivity index (χ0v) is 11.6. The summed E-state index contributed by atoms with van der Waals surface area (Å²) in [7, 11) is 2.16. The van der Waals surface area contributed by atoms with Crippen LogP contribution in [-0.2, 0) is 0 Å². The van der Waals surface area contributed by atoms with E-state index in [1.807, 2.05) is 0 Å². The molecule has 1 aromatic rings. The van der Waals surface area contributed by atoms with Crippen molar-refractivity contribution in [2.45, 2.75) is 20.8 Å². The monoisotopic (exact) mass is 269 g/mol. The second-order valence-corrected chi connectivity index (χ2v) is 5.08. The molecule has 0 aliphatic rings. The second kappa shape index (κ2) is 5.55. The molecule has 15 heavy (non-hydrogen) atoms. The smallest absolute Gasteiger partial charge is 0.0393 e. The Morgan fingerprint density at radius 3 is 2.53 bits per heavy atom. The molecule has 1 aromatic carbocycles. The van der Waals surface area contributed by atoms with E-state index in [1.54, 1.807) is 0 Å². The van der Waals surface area contributed by atoms with Crippen LogP contribution in [0.3, 0.4) is 0 Å². The number of hydrogen-bond donors (Lipinski definition) is 0. The van der Waals surface area contributed by atoms with Crippen molar-refractivity contribution in [2.24, 2.45) is 5.92 Å². The van der Waals surface area contributed by atoms with E-state index in [2.05, 4.69) is 66.8 Å². The number of alkyl halides is 1. The largest absolute Gasteiger partial charge is 0.374 e. The van der Waals surface area contributed by atoms with Gasteiger partial charge in [0.15, 0.2) is 0 Å². The molecule has 0 amide bonds. The summed E-state index contributed by atoms with van der Waals surface area (Å²) >= 11 is 3.52. The van der Waals surface area contributed by atoms with Gasteiger partial charge in [0.2, 0.25) is 0 Å². The molecular weight excluding hydrogens is 250 g/mol. The van der Waals surface area contributed by atoms with Gasteiger partial charge < -0.3 is 4.90 Å². The maximum atomic E-state index is 3.52. The molecule has 0 aliphatic carbocycles. The molecule has 0 saturated heterocycles. The van der Waals surface area contributed by atoms with Crippen molar-refractivity contribution in [3.63, 3.8) is 0 Å². The van der Waals surface area contributed by atoms with Crippen LogP contribution in [0.5, 0.6) is 0 Å². The maximum absolute atomic E-state index is 3.52. The number of aryl methyl sites for hydroxylation is 2. The molecule has 84 valence electrons. The molecule has 1 atom stereocenters. The summed E-state index contributed by atoms with van der Waals surface area (Å²) in [6.07, 6.45) is 0. The zero-order chi connectivity index (χ0) is 11.4. The summed E-state index contributed by atoms with van der Waals surface area (Å²) < 4.78 is 0. The number of benzene rings is 1. The Balaban J connectivity index is 2.77. The normalized spacial score (nSPS) is 12.6. The molecule has 0 spiro atoms. The standard InChI is InChI=1S/C13H20BrN/c1-10-5-6-13(12(3)7-10)15(4)9-11(2)8-14/h5-7,11H,8-9H2,1-4H3. The number of hydrogen-bond acceptors (Lipinski definition) is 1. The Morgan fingerprint density at radius 1 is 1.33 bits per heavy atom. The quantitative estimate of drug-likeness (QED) is 0.753. The number of rotatable bonds is 4. The summed E-state index contributed by atoms with van der Waals surface area (Å²) in [6, 6.07) is 6.63. The summed E-state index contributed by atoms with van der Waals surface area (Å²) in [5.41, 5.74) is 4.03. The van der Waals surface area contributed by atoms with Crippen LogP contribution in [-0.4, -0.2) is 18.9 Å². The third kappa shape index (κ3) is 3.53. The van der Waals surface area contributed by atoms with Crippen molar-refractivity contribution >= 4 is 21.6 Å². The van der Waals surface area contributed by atoms with Crippen LogP contribution in [0, 0.1) is 19.8 Å². The summed E-state index contributed by atoms with van der Waals surface area (Å²) in [5, 5.41) is 1.06. The minimum Gasteiger partial charge on any atom is -0.374 e. The SMILES string of the molecule is Cc1ccc(N(C)CC(C)CBr)c(C)c1. The average molecular weight is 270 g/mol. The van der Waals surface area contributed by atoms with Gasteiger partial charge in [-0.05, 0) is 31.4 Å². The first-order valence-electron chi connectivity index (χ1n) is 5.39. The van der Waals surface area contributed by atoms with E-state index in [1.165, 1.54) is 16.8 Å². The molecule has 0 heterocycles. The van der Waals surface area contributed by atoms with Gasteiger partial charge >= 0.3 is 0 Å². The Bertz CT molecular complexity index is 322. The first kappa shape index (κ1) is 12.6. The Labute approximate surface area is 102 Å². The van der Waals surface area contributed by atoms with Gasteiger partial charge in [0.25, 0.3) is 0 Å². The van der Waals surface area contributed by atoms with E-state index in [0.29, 0.717) is 5.92 Å². The van der Waals surface area contributed by atoms with Gasteiger partial charge in [-0.25, -0.2) is 0 Å². The van der Waals surface area contributed by atoms with Gasteiger partial charge in [-0.2, -0.15) is 0 Å². The van der Waals surface area contributed by atoms with Gasteiger partial charge in [0, 0.05) is 24.6 Å². The highest BCUT2D eigenvalue weighted by atomic mass is 79.9. The lowest BCUT2D eigenvalue weighted by molar-refractivity contribution is 0.651. The van der Waals surface area contributed by atoms with Crippen molar-refractivity contribution in [3.05, 3.63) is 29.3 Å². The van der Waals surface area contributed by atoms with Gasteiger partial charge in [0.05, 0.1) is 0 Å². The first-order chi connectivity index (χ1) is 7.04. The van der Waals surface area contributed by atoms with E-state index in [4.69, 9.17) is 0 Å². The molecule has 1 nitrogen and oxygen atoms in total. The van der Waals surface area contributed by atoms with Crippen molar-refractivity contribution < 1.29 is 0 Å². The summed E-state index contributed by atoms with van der Waals surface area (Å²) in [6.45, 7) is 7.67. The lowest BCUT2D eigenvalue weighted by Gasteiger charge is -2.24. The third-order valence-corrected chi connectivity index (χ3v) is 3.72. The van der Waals surface area contributed by atoms with Crippen LogP contribution in [0.2, 0.25) is 0 Å². The number of nitrogens with zero attached hydrogens (tertiary/aromatic N) is 1. The Hall–Kier alpha value is -0.500. The van der Waals surface area contributed by atoms with Gasteiger partial charge in [-0.15, -0.1) is 0 Å². The van der Waals surface area contributed by atoms with Crippen LogP contribution >= 0.6 is 15.9 Å².